The molecule has 3 rings (SSSR count). The molecule has 0 amide bonds. The molecule has 9 nitrogen and oxygen atoms in total. The fourth-order valence-corrected chi connectivity index (χ4v) is 3.19. The van der Waals surface area contributed by atoms with E-state index in [0.29, 0.717) is 21.8 Å². The summed E-state index contributed by atoms with van der Waals surface area (Å²) in [6.45, 7) is 1.76. The molecule has 0 aliphatic carbocycles. The third-order valence-corrected chi connectivity index (χ3v) is 5.01. The predicted molar refractivity (Wildman–Crippen MR) is 105 cm³/mol. The summed E-state index contributed by atoms with van der Waals surface area (Å²) in [7, 11) is 3.04. The Morgan fingerprint density at radius 1 is 1.31 bits per heavy atom. The fourth-order valence-electron chi connectivity index (χ4n) is 3.07. The lowest BCUT2D eigenvalue weighted by Gasteiger charge is -2.15. The van der Waals surface area contributed by atoms with Gasteiger partial charge in [0.05, 0.1) is 24.2 Å². The van der Waals surface area contributed by atoms with Gasteiger partial charge in [-0.15, -0.1) is 0 Å². The highest BCUT2D eigenvalue weighted by molar-refractivity contribution is 6.30. The molecular weight excluding hydrogens is 400 g/mol. The van der Waals surface area contributed by atoms with Crippen LogP contribution in [0.3, 0.4) is 0 Å². The molecule has 0 aliphatic rings. The van der Waals surface area contributed by atoms with Gasteiger partial charge in [-0.3, -0.25) is 9.78 Å². The van der Waals surface area contributed by atoms with Crippen molar-refractivity contribution in [2.24, 2.45) is 7.05 Å². The van der Waals surface area contributed by atoms with Crippen molar-refractivity contribution >= 4 is 11.6 Å². The SMILES string of the molecule is COCC(c1nc(C[C@H](O)c2ccc(Cl)cc2)no1)c1c(C)n(C)c(=O)[nH]c1=O. The molecule has 0 saturated heterocycles. The number of ether oxygens (including phenoxy) is 1. The monoisotopic (exact) mass is 420 g/mol. The number of aromatic amines is 1. The zero-order valence-corrected chi connectivity index (χ0v) is 16.9. The summed E-state index contributed by atoms with van der Waals surface area (Å²) in [6, 6.07) is 6.81. The number of halogens is 1. The van der Waals surface area contributed by atoms with Crippen LogP contribution < -0.4 is 11.2 Å². The Morgan fingerprint density at radius 3 is 2.66 bits per heavy atom. The lowest BCUT2D eigenvalue weighted by atomic mass is 9.99. The second-order valence-corrected chi connectivity index (χ2v) is 7.08. The Balaban J connectivity index is 1.90. The van der Waals surface area contributed by atoms with Crippen LogP contribution in [0.5, 0.6) is 0 Å². The van der Waals surface area contributed by atoms with Gasteiger partial charge in [-0.2, -0.15) is 4.98 Å². The van der Waals surface area contributed by atoms with Crippen LogP contribution in [-0.2, 0) is 18.2 Å². The van der Waals surface area contributed by atoms with Crippen LogP contribution in [0, 0.1) is 6.92 Å². The topological polar surface area (TPSA) is 123 Å². The van der Waals surface area contributed by atoms with Crippen LogP contribution in [0.2, 0.25) is 5.02 Å². The number of nitrogens with one attached hydrogen (secondary N) is 1. The second kappa shape index (κ2) is 8.73. The van der Waals surface area contributed by atoms with Crippen LogP contribution >= 0.6 is 11.6 Å². The quantitative estimate of drug-likeness (QED) is 0.593. The Morgan fingerprint density at radius 2 is 2.00 bits per heavy atom. The number of hydrogen-bond donors (Lipinski definition) is 2. The molecule has 1 unspecified atom stereocenters. The maximum Gasteiger partial charge on any atom is 0.328 e. The maximum atomic E-state index is 12.4. The highest BCUT2D eigenvalue weighted by Crippen LogP contribution is 2.25. The van der Waals surface area contributed by atoms with Crippen molar-refractivity contribution in [3.63, 3.8) is 0 Å². The molecule has 29 heavy (non-hydrogen) atoms. The largest absolute Gasteiger partial charge is 0.388 e. The van der Waals surface area contributed by atoms with Gasteiger partial charge in [-0.1, -0.05) is 28.9 Å². The molecule has 2 N–H and O–H groups in total. The molecule has 0 bridgehead atoms. The molecule has 10 heteroatoms. The average molecular weight is 421 g/mol. The van der Waals surface area contributed by atoms with Crippen molar-refractivity contribution in [3.8, 4) is 0 Å². The molecular formula is C19H21ClN4O5. The molecule has 3 aromatic rings. The molecule has 0 radical (unpaired) electrons. The molecule has 2 aromatic heterocycles. The highest BCUT2D eigenvalue weighted by atomic mass is 35.5. The van der Waals surface area contributed by atoms with Gasteiger partial charge in [0.25, 0.3) is 5.56 Å². The van der Waals surface area contributed by atoms with Gasteiger partial charge < -0.3 is 18.9 Å². The lowest BCUT2D eigenvalue weighted by Crippen LogP contribution is -2.35. The minimum absolute atomic E-state index is 0.101. The highest BCUT2D eigenvalue weighted by Gasteiger charge is 2.27. The smallest absolute Gasteiger partial charge is 0.328 e. The first-order chi connectivity index (χ1) is 13.8. The summed E-state index contributed by atoms with van der Waals surface area (Å²) in [6.07, 6.45) is -0.728. The third kappa shape index (κ3) is 4.47. The molecule has 2 atom stereocenters. The molecule has 154 valence electrons. The number of aliphatic hydroxyl groups is 1. The van der Waals surface area contributed by atoms with E-state index in [4.69, 9.17) is 20.9 Å². The van der Waals surface area contributed by atoms with E-state index < -0.39 is 23.3 Å². The summed E-state index contributed by atoms with van der Waals surface area (Å²) in [5.74, 6) is -0.218. The zero-order valence-electron chi connectivity index (χ0n) is 16.2. The number of rotatable bonds is 7. The van der Waals surface area contributed by atoms with E-state index in [-0.39, 0.29) is 24.7 Å². The van der Waals surface area contributed by atoms with Gasteiger partial charge in [0.15, 0.2) is 5.82 Å². The number of benzene rings is 1. The average Bonchev–Trinajstić information content (AvgIpc) is 3.14. The predicted octanol–water partition coefficient (Wildman–Crippen LogP) is 1.47. The Bertz CT molecular complexity index is 1100. The van der Waals surface area contributed by atoms with Crippen molar-refractivity contribution in [1.82, 2.24) is 19.7 Å². The van der Waals surface area contributed by atoms with E-state index in [1.54, 1.807) is 38.2 Å². The van der Waals surface area contributed by atoms with E-state index in [1.807, 2.05) is 0 Å². The van der Waals surface area contributed by atoms with Crippen LogP contribution in [0.4, 0.5) is 0 Å². The summed E-state index contributed by atoms with van der Waals surface area (Å²) in [5.41, 5.74) is 0.405. The van der Waals surface area contributed by atoms with E-state index in [9.17, 15) is 14.7 Å². The lowest BCUT2D eigenvalue weighted by molar-refractivity contribution is 0.172. The Kier molecular flexibility index (Phi) is 6.31. The Labute approximate surface area is 170 Å². The van der Waals surface area contributed by atoms with Crippen LogP contribution in [0.25, 0.3) is 0 Å². The minimum Gasteiger partial charge on any atom is -0.388 e. The summed E-state index contributed by atoms with van der Waals surface area (Å²) in [4.78, 5) is 30.9. The number of hydrogen-bond acceptors (Lipinski definition) is 7. The van der Waals surface area contributed by atoms with Gasteiger partial charge in [0.2, 0.25) is 5.89 Å². The van der Waals surface area contributed by atoms with E-state index >= 15 is 0 Å². The van der Waals surface area contributed by atoms with Gasteiger partial charge in [-0.05, 0) is 24.6 Å². The number of aliphatic hydroxyl groups excluding tert-OH is 1. The molecule has 0 aliphatic heterocycles. The van der Waals surface area contributed by atoms with Crippen molar-refractivity contribution < 1.29 is 14.4 Å². The number of aromatic nitrogens is 4. The normalized spacial score (nSPS) is 13.4. The first-order valence-corrected chi connectivity index (χ1v) is 9.24. The van der Waals surface area contributed by atoms with Gasteiger partial charge in [0, 0.05) is 31.3 Å². The summed E-state index contributed by atoms with van der Waals surface area (Å²) in [5, 5.41) is 14.9. The van der Waals surface area contributed by atoms with Gasteiger partial charge in [-0.25, -0.2) is 4.79 Å². The zero-order chi connectivity index (χ0) is 21.1. The van der Waals surface area contributed by atoms with Gasteiger partial charge in [0.1, 0.15) is 0 Å². The number of nitrogens with zero attached hydrogens (tertiary/aromatic N) is 3. The third-order valence-electron chi connectivity index (χ3n) is 4.76. The van der Waals surface area contributed by atoms with Crippen LogP contribution in [0.1, 0.15) is 40.6 Å². The summed E-state index contributed by atoms with van der Waals surface area (Å²) >= 11 is 5.87. The second-order valence-electron chi connectivity index (χ2n) is 6.65. The molecule has 0 spiro atoms. The van der Waals surface area contributed by atoms with Crippen molar-refractivity contribution in [2.75, 3.05) is 13.7 Å². The minimum atomic E-state index is -0.846. The fraction of sp³-hybridized carbons (Fsp3) is 0.368. The van der Waals surface area contributed by atoms with Crippen molar-refractivity contribution in [2.45, 2.75) is 25.4 Å². The van der Waals surface area contributed by atoms with Crippen molar-refractivity contribution in [3.05, 3.63) is 78.7 Å². The molecule has 0 saturated carbocycles. The van der Waals surface area contributed by atoms with Gasteiger partial charge >= 0.3 is 5.69 Å². The van der Waals surface area contributed by atoms with E-state index in [1.165, 1.54) is 11.7 Å². The maximum absolute atomic E-state index is 12.4. The molecule has 0 fully saturated rings. The molecule has 2 heterocycles. The van der Waals surface area contributed by atoms with E-state index in [0.717, 1.165) is 0 Å². The van der Waals surface area contributed by atoms with Crippen LogP contribution in [-0.4, -0.2) is 38.5 Å². The number of H-pyrrole nitrogens is 1. The van der Waals surface area contributed by atoms with E-state index in [2.05, 4.69) is 15.1 Å². The standard InChI is InChI=1S/C19H21ClN4O5/c1-10-16(17(26)22-19(27)24(10)2)13(9-28-3)18-21-15(23-29-18)8-14(25)11-4-6-12(20)7-5-11/h4-7,13-14,25H,8-9H2,1-3H3,(H,22,26,27)/t13?,14-/m0/s1. The first kappa shape index (κ1) is 21.0. The summed E-state index contributed by atoms with van der Waals surface area (Å²) < 4.78 is 11.9. The van der Waals surface area contributed by atoms with Crippen LogP contribution in [0.15, 0.2) is 38.4 Å². The molecule has 1 aromatic carbocycles. The first-order valence-electron chi connectivity index (χ1n) is 8.86. The van der Waals surface area contributed by atoms with Crippen molar-refractivity contribution in [1.29, 1.82) is 0 Å². The number of methoxy groups -OCH3 is 1. The Hall–Kier alpha value is -2.75.